The van der Waals surface area contributed by atoms with E-state index in [1.165, 1.54) is 5.56 Å². The van der Waals surface area contributed by atoms with Crippen LogP contribution in [0.1, 0.15) is 24.0 Å². The van der Waals surface area contributed by atoms with Crippen molar-refractivity contribution in [3.05, 3.63) is 35.4 Å². The molecule has 0 radical (unpaired) electrons. The number of piperidine rings is 1. The molecule has 2 aliphatic heterocycles. The Bertz CT molecular complexity index is 715. The first-order valence-electron chi connectivity index (χ1n) is 9.86. The summed E-state index contributed by atoms with van der Waals surface area (Å²) in [6.07, 6.45) is -4.87. The van der Waals surface area contributed by atoms with E-state index in [4.69, 9.17) is 0 Å². The third-order valence-corrected chi connectivity index (χ3v) is 5.58. The van der Waals surface area contributed by atoms with Gasteiger partial charge in [-0.15, -0.1) is 0 Å². The SMILES string of the molecule is CN1CCN(Cc2ccc(CNC(=O)C3CCC(C(F)(F)F)NC3=O)cc2)CC1. The second-order valence-corrected chi connectivity index (χ2v) is 7.85. The molecule has 2 saturated heterocycles. The van der Waals surface area contributed by atoms with Crippen LogP contribution in [0.2, 0.25) is 0 Å². The highest BCUT2D eigenvalue weighted by molar-refractivity contribution is 6.00. The molecule has 9 heteroatoms. The molecule has 0 spiro atoms. The Kier molecular flexibility index (Phi) is 6.79. The molecular formula is C20H27F3N4O2. The van der Waals surface area contributed by atoms with E-state index < -0.39 is 30.0 Å². The van der Waals surface area contributed by atoms with Crippen LogP contribution in [0, 0.1) is 5.92 Å². The first kappa shape index (κ1) is 21.6. The molecular weight excluding hydrogens is 385 g/mol. The molecule has 2 atom stereocenters. The van der Waals surface area contributed by atoms with Crippen LogP contribution in [-0.2, 0) is 22.7 Å². The molecule has 2 heterocycles. The molecule has 160 valence electrons. The number of carbonyl (C=O) groups excluding carboxylic acids is 2. The van der Waals surface area contributed by atoms with E-state index in [1.54, 1.807) is 0 Å². The summed E-state index contributed by atoms with van der Waals surface area (Å²) in [6.45, 7) is 5.30. The number of halogens is 3. The molecule has 0 aromatic heterocycles. The topological polar surface area (TPSA) is 64.7 Å². The van der Waals surface area contributed by atoms with Crippen molar-refractivity contribution >= 4 is 11.8 Å². The van der Waals surface area contributed by atoms with Crippen LogP contribution in [-0.4, -0.2) is 67.1 Å². The largest absolute Gasteiger partial charge is 0.408 e. The Labute approximate surface area is 168 Å². The molecule has 0 aliphatic carbocycles. The lowest BCUT2D eigenvalue weighted by atomic mass is 9.92. The van der Waals surface area contributed by atoms with Gasteiger partial charge in [-0.2, -0.15) is 13.2 Å². The van der Waals surface area contributed by atoms with Gasteiger partial charge in [-0.05, 0) is 31.0 Å². The number of nitrogens with one attached hydrogen (secondary N) is 2. The zero-order chi connectivity index (χ0) is 21.0. The van der Waals surface area contributed by atoms with E-state index >= 15 is 0 Å². The number of amides is 2. The lowest BCUT2D eigenvalue weighted by molar-refractivity contribution is -0.171. The summed E-state index contributed by atoms with van der Waals surface area (Å²) in [7, 11) is 2.12. The second-order valence-electron chi connectivity index (χ2n) is 7.85. The van der Waals surface area contributed by atoms with Gasteiger partial charge in [-0.3, -0.25) is 14.5 Å². The predicted molar refractivity (Wildman–Crippen MR) is 102 cm³/mol. The van der Waals surface area contributed by atoms with Gasteiger partial charge in [0.05, 0.1) is 0 Å². The first-order chi connectivity index (χ1) is 13.7. The lowest BCUT2D eigenvalue weighted by Gasteiger charge is -2.32. The van der Waals surface area contributed by atoms with Crippen LogP contribution in [0.5, 0.6) is 0 Å². The lowest BCUT2D eigenvalue weighted by Crippen LogP contribution is -2.54. The molecule has 29 heavy (non-hydrogen) atoms. The normalized spacial score (nSPS) is 24.2. The zero-order valence-electron chi connectivity index (χ0n) is 16.5. The van der Waals surface area contributed by atoms with Gasteiger partial charge in [0.1, 0.15) is 12.0 Å². The molecule has 2 aliphatic rings. The number of rotatable bonds is 5. The number of hydrogen-bond acceptors (Lipinski definition) is 4. The van der Waals surface area contributed by atoms with E-state index in [0.717, 1.165) is 38.3 Å². The van der Waals surface area contributed by atoms with Crippen LogP contribution < -0.4 is 10.6 Å². The number of likely N-dealkylation sites (N-methyl/N-ethyl adjacent to an activating group) is 1. The predicted octanol–water partition coefficient (Wildman–Crippen LogP) is 1.51. The van der Waals surface area contributed by atoms with E-state index in [-0.39, 0.29) is 19.4 Å². The van der Waals surface area contributed by atoms with Gasteiger partial charge in [0.2, 0.25) is 11.8 Å². The van der Waals surface area contributed by atoms with Crippen molar-refractivity contribution in [1.82, 2.24) is 20.4 Å². The van der Waals surface area contributed by atoms with Gasteiger partial charge < -0.3 is 15.5 Å². The number of benzene rings is 1. The van der Waals surface area contributed by atoms with Gasteiger partial charge in [-0.25, -0.2) is 0 Å². The summed E-state index contributed by atoms with van der Waals surface area (Å²) in [6, 6.07) is 6.01. The summed E-state index contributed by atoms with van der Waals surface area (Å²) in [5.41, 5.74) is 2.07. The third-order valence-electron chi connectivity index (χ3n) is 5.58. The summed E-state index contributed by atoms with van der Waals surface area (Å²) >= 11 is 0. The van der Waals surface area contributed by atoms with Gasteiger partial charge in [0, 0.05) is 39.3 Å². The molecule has 2 N–H and O–H groups in total. The maximum absolute atomic E-state index is 12.7. The maximum Gasteiger partial charge on any atom is 0.408 e. The highest BCUT2D eigenvalue weighted by Crippen LogP contribution is 2.28. The van der Waals surface area contributed by atoms with Crippen molar-refractivity contribution in [1.29, 1.82) is 0 Å². The van der Waals surface area contributed by atoms with Crippen molar-refractivity contribution in [3.63, 3.8) is 0 Å². The van der Waals surface area contributed by atoms with Crippen LogP contribution >= 0.6 is 0 Å². The summed E-state index contributed by atoms with van der Waals surface area (Å²) in [5.74, 6) is -2.48. The molecule has 6 nitrogen and oxygen atoms in total. The van der Waals surface area contributed by atoms with E-state index in [9.17, 15) is 22.8 Å². The Morgan fingerprint density at radius 2 is 1.72 bits per heavy atom. The highest BCUT2D eigenvalue weighted by Gasteiger charge is 2.45. The average Bonchev–Trinajstić information content (AvgIpc) is 2.68. The molecule has 1 aromatic carbocycles. The minimum Gasteiger partial charge on any atom is -0.351 e. The quantitative estimate of drug-likeness (QED) is 0.720. The first-order valence-corrected chi connectivity index (χ1v) is 9.86. The number of carbonyl (C=O) groups is 2. The zero-order valence-corrected chi connectivity index (χ0v) is 16.5. The standard InChI is InChI=1S/C20H27F3N4O2/c1-26-8-10-27(11-9-26)13-15-4-2-14(3-5-15)12-24-18(28)16-6-7-17(20(21,22)23)25-19(16)29/h2-5,16-17H,6-13H2,1H3,(H,24,28)(H,25,29). The van der Waals surface area contributed by atoms with Crippen LogP contribution in [0.25, 0.3) is 0 Å². The summed E-state index contributed by atoms with van der Waals surface area (Å²) in [5, 5.41) is 4.56. The van der Waals surface area contributed by atoms with Crippen LogP contribution in [0.4, 0.5) is 13.2 Å². The van der Waals surface area contributed by atoms with Crippen molar-refractivity contribution < 1.29 is 22.8 Å². The number of hydrogen-bond donors (Lipinski definition) is 2. The van der Waals surface area contributed by atoms with Crippen LogP contribution in [0.3, 0.4) is 0 Å². The fourth-order valence-electron chi connectivity index (χ4n) is 3.64. The van der Waals surface area contributed by atoms with Gasteiger partial charge in [0.25, 0.3) is 0 Å². The van der Waals surface area contributed by atoms with E-state index in [1.807, 2.05) is 29.6 Å². The van der Waals surface area contributed by atoms with Gasteiger partial charge in [0.15, 0.2) is 0 Å². The van der Waals surface area contributed by atoms with Crippen molar-refractivity contribution in [2.45, 2.75) is 38.1 Å². The fourth-order valence-corrected chi connectivity index (χ4v) is 3.64. The number of piperazine rings is 1. The molecule has 0 bridgehead atoms. The molecule has 2 fully saturated rings. The van der Waals surface area contributed by atoms with E-state index in [2.05, 4.69) is 22.2 Å². The molecule has 0 saturated carbocycles. The molecule has 2 unspecified atom stereocenters. The maximum atomic E-state index is 12.7. The smallest absolute Gasteiger partial charge is 0.351 e. The molecule has 3 rings (SSSR count). The highest BCUT2D eigenvalue weighted by atomic mass is 19.4. The third kappa shape index (κ3) is 5.93. The Morgan fingerprint density at radius 1 is 1.10 bits per heavy atom. The Hall–Kier alpha value is -2.13. The average molecular weight is 412 g/mol. The molecule has 1 aromatic rings. The monoisotopic (exact) mass is 412 g/mol. The van der Waals surface area contributed by atoms with Crippen molar-refractivity contribution in [2.75, 3.05) is 33.2 Å². The number of nitrogens with zero attached hydrogens (tertiary/aromatic N) is 2. The Balaban J connectivity index is 1.45. The second kappa shape index (κ2) is 9.13. The summed E-state index contributed by atoms with van der Waals surface area (Å²) in [4.78, 5) is 28.8. The minimum atomic E-state index is -4.48. The van der Waals surface area contributed by atoms with Gasteiger partial charge in [-0.1, -0.05) is 24.3 Å². The van der Waals surface area contributed by atoms with E-state index in [0.29, 0.717) is 0 Å². The minimum absolute atomic E-state index is 0.105. The van der Waals surface area contributed by atoms with Crippen molar-refractivity contribution in [2.24, 2.45) is 5.92 Å². The fraction of sp³-hybridized carbons (Fsp3) is 0.600. The van der Waals surface area contributed by atoms with Gasteiger partial charge >= 0.3 is 6.18 Å². The Morgan fingerprint density at radius 3 is 2.31 bits per heavy atom. The summed E-state index contributed by atoms with van der Waals surface area (Å²) < 4.78 is 38.1. The number of alkyl halides is 3. The van der Waals surface area contributed by atoms with Crippen molar-refractivity contribution in [3.8, 4) is 0 Å². The molecule has 2 amide bonds. The van der Waals surface area contributed by atoms with Crippen LogP contribution in [0.15, 0.2) is 24.3 Å².